The lowest BCUT2D eigenvalue weighted by molar-refractivity contribution is -0.111. The number of benzene rings is 2. The molecular formula is C22H21ClN2O4. The second-order valence-corrected chi connectivity index (χ2v) is 7.39. The average Bonchev–Trinajstić information content (AvgIpc) is 3.20. The molecule has 6 nitrogen and oxygen atoms in total. The summed E-state index contributed by atoms with van der Waals surface area (Å²) in [6, 6.07) is 10.4. The molecule has 29 heavy (non-hydrogen) atoms. The molecule has 1 N–H and O–H groups in total. The van der Waals surface area contributed by atoms with Gasteiger partial charge in [0.25, 0.3) is 5.91 Å². The summed E-state index contributed by atoms with van der Waals surface area (Å²) in [5, 5.41) is 3.09. The molecule has 0 spiro atoms. The van der Waals surface area contributed by atoms with Crippen molar-refractivity contribution in [2.45, 2.75) is 19.3 Å². The van der Waals surface area contributed by atoms with E-state index >= 15 is 0 Å². The van der Waals surface area contributed by atoms with Crippen LogP contribution in [-0.2, 0) is 4.79 Å². The molecule has 7 heteroatoms. The van der Waals surface area contributed by atoms with Gasteiger partial charge in [-0.05, 0) is 61.2 Å². The summed E-state index contributed by atoms with van der Waals surface area (Å²) in [6.07, 6.45) is 6.31. The van der Waals surface area contributed by atoms with Crippen molar-refractivity contribution in [1.82, 2.24) is 4.90 Å². The molecular weight excluding hydrogens is 392 g/mol. The number of fused-ring (bicyclic) bond motifs is 1. The summed E-state index contributed by atoms with van der Waals surface area (Å²) >= 11 is 6.31. The average molecular weight is 413 g/mol. The predicted octanol–water partition coefficient (Wildman–Crippen LogP) is 4.35. The first kappa shape index (κ1) is 19.3. The molecule has 2 aromatic rings. The van der Waals surface area contributed by atoms with E-state index in [4.69, 9.17) is 21.1 Å². The Bertz CT molecular complexity index is 967. The third kappa shape index (κ3) is 4.54. The monoisotopic (exact) mass is 412 g/mol. The van der Waals surface area contributed by atoms with Crippen LogP contribution in [0.5, 0.6) is 11.5 Å². The number of hydrogen-bond donors (Lipinski definition) is 1. The second-order valence-electron chi connectivity index (χ2n) is 6.98. The van der Waals surface area contributed by atoms with E-state index in [0.717, 1.165) is 37.9 Å². The van der Waals surface area contributed by atoms with E-state index in [1.807, 2.05) is 17.0 Å². The number of likely N-dealkylation sites (tertiary alicyclic amines) is 1. The Balaban J connectivity index is 1.39. The van der Waals surface area contributed by atoms with E-state index in [0.29, 0.717) is 27.8 Å². The zero-order valence-electron chi connectivity index (χ0n) is 15.8. The SMILES string of the molecule is O=C(C=Cc1ccc2c(c1)OCO2)Nc1ccc(C(=O)N2CCCCC2)c(Cl)c1. The molecule has 0 radical (unpaired) electrons. The Kier molecular flexibility index (Phi) is 5.71. The van der Waals surface area contributed by atoms with Crippen molar-refractivity contribution in [3.8, 4) is 11.5 Å². The summed E-state index contributed by atoms with van der Waals surface area (Å²) in [4.78, 5) is 26.7. The van der Waals surface area contributed by atoms with E-state index in [9.17, 15) is 9.59 Å². The first-order valence-corrected chi connectivity index (χ1v) is 9.95. The number of carbonyl (C=O) groups excluding carboxylic acids is 2. The Morgan fingerprint density at radius 2 is 1.79 bits per heavy atom. The van der Waals surface area contributed by atoms with Crippen LogP contribution in [0.1, 0.15) is 35.2 Å². The van der Waals surface area contributed by atoms with Crippen molar-refractivity contribution < 1.29 is 19.1 Å². The maximum atomic E-state index is 12.6. The number of carbonyl (C=O) groups is 2. The van der Waals surface area contributed by atoms with Gasteiger partial charge in [0, 0.05) is 24.9 Å². The molecule has 150 valence electrons. The van der Waals surface area contributed by atoms with Crippen LogP contribution in [0.3, 0.4) is 0 Å². The molecule has 0 unspecified atom stereocenters. The molecule has 2 aliphatic heterocycles. The van der Waals surface area contributed by atoms with E-state index < -0.39 is 0 Å². The Morgan fingerprint density at radius 3 is 2.59 bits per heavy atom. The smallest absolute Gasteiger partial charge is 0.255 e. The van der Waals surface area contributed by atoms with Crippen LogP contribution < -0.4 is 14.8 Å². The zero-order chi connectivity index (χ0) is 20.2. The highest BCUT2D eigenvalue weighted by Gasteiger charge is 2.20. The summed E-state index contributed by atoms with van der Waals surface area (Å²) in [5.41, 5.74) is 1.82. The fraction of sp³-hybridized carbons (Fsp3) is 0.273. The fourth-order valence-corrected chi connectivity index (χ4v) is 3.67. The lowest BCUT2D eigenvalue weighted by atomic mass is 10.1. The molecule has 0 saturated carbocycles. The molecule has 0 aromatic heterocycles. The molecule has 1 saturated heterocycles. The first-order chi connectivity index (χ1) is 14.1. The molecule has 0 aliphatic carbocycles. The lowest BCUT2D eigenvalue weighted by Gasteiger charge is -2.27. The molecule has 2 aliphatic rings. The van der Waals surface area contributed by atoms with E-state index in [1.165, 1.54) is 6.08 Å². The van der Waals surface area contributed by atoms with Gasteiger partial charge in [0.2, 0.25) is 12.7 Å². The van der Waals surface area contributed by atoms with Gasteiger partial charge in [-0.3, -0.25) is 9.59 Å². The topological polar surface area (TPSA) is 67.9 Å². The van der Waals surface area contributed by atoms with Crippen molar-refractivity contribution >= 4 is 35.2 Å². The lowest BCUT2D eigenvalue weighted by Crippen LogP contribution is -2.35. The largest absolute Gasteiger partial charge is 0.454 e. The number of anilines is 1. The van der Waals surface area contributed by atoms with Crippen molar-refractivity contribution in [2.24, 2.45) is 0 Å². The number of nitrogens with zero attached hydrogens (tertiary/aromatic N) is 1. The van der Waals surface area contributed by atoms with E-state index in [-0.39, 0.29) is 18.6 Å². The fourth-order valence-electron chi connectivity index (χ4n) is 3.41. The molecule has 0 atom stereocenters. The minimum Gasteiger partial charge on any atom is -0.454 e. The number of nitrogens with one attached hydrogen (secondary N) is 1. The standard InChI is InChI=1S/C22H21ClN2O4/c23-18-13-16(6-7-17(18)22(27)25-10-2-1-3-11-25)24-21(26)9-5-15-4-8-19-20(12-15)29-14-28-19/h4-9,12-13H,1-3,10-11,14H2,(H,24,26). The van der Waals surface area contributed by atoms with E-state index in [2.05, 4.69) is 5.32 Å². The second kappa shape index (κ2) is 8.57. The van der Waals surface area contributed by atoms with Gasteiger partial charge in [-0.15, -0.1) is 0 Å². The van der Waals surface area contributed by atoms with Gasteiger partial charge < -0.3 is 19.7 Å². The van der Waals surface area contributed by atoms with Crippen molar-refractivity contribution in [3.05, 3.63) is 58.6 Å². The Labute approximate surface area is 174 Å². The van der Waals surface area contributed by atoms with Gasteiger partial charge in [0.05, 0.1) is 10.6 Å². The highest BCUT2D eigenvalue weighted by atomic mass is 35.5. The predicted molar refractivity (Wildman–Crippen MR) is 111 cm³/mol. The summed E-state index contributed by atoms with van der Waals surface area (Å²) < 4.78 is 10.6. The maximum Gasteiger partial charge on any atom is 0.255 e. The van der Waals surface area contributed by atoms with Crippen LogP contribution in [0.2, 0.25) is 5.02 Å². The van der Waals surface area contributed by atoms with Gasteiger partial charge in [-0.25, -0.2) is 0 Å². The van der Waals surface area contributed by atoms with Crippen molar-refractivity contribution in [3.63, 3.8) is 0 Å². The summed E-state index contributed by atoms with van der Waals surface area (Å²) in [7, 11) is 0. The Morgan fingerprint density at radius 1 is 1.00 bits per heavy atom. The molecule has 0 bridgehead atoms. The third-order valence-corrected chi connectivity index (χ3v) is 5.25. The van der Waals surface area contributed by atoms with Crippen LogP contribution in [0.4, 0.5) is 5.69 Å². The molecule has 2 heterocycles. The zero-order valence-corrected chi connectivity index (χ0v) is 16.6. The Hall–Kier alpha value is -2.99. The van der Waals surface area contributed by atoms with Gasteiger partial charge in [-0.1, -0.05) is 17.7 Å². The highest BCUT2D eigenvalue weighted by Crippen LogP contribution is 2.32. The molecule has 4 rings (SSSR count). The van der Waals surface area contributed by atoms with Gasteiger partial charge in [-0.2, -0.15) is 0 Å². The maximum absolute atomic E-state index is 12.6. The van der Waals surface area contributed by atoms with Crippen molar-refractivity contribution in [1.29, 1.82) is 0 Å². The molecule has 2 amide bonds. The minimum atomic E-state index is -0.297. The number of hydrogen-bond acceptors (Lipinski definition) is 4. The number of ether oxygens (including phenoxy) is 2. The minimum absolute atomic E-state index is 0.0599. The number of amides is 2. The van der Waals surface area contributed by atoms with Crippen LogP contribution in [-0.4, -0.2) is 36.6 Å². The first-order valence-electron chi connectivity index (χ1n) is 9.58. The van der Waals surface area contributed by atoms with Crippen LogP contribution in [0.25, 0.3) is 6.08 Å². The molecule has 1 fully saturated rings. The van der Waals surface area contributed by atoms with Crippen LogP contribution in [0.15, 0.2) is 42.5 Å². The van der Waals surface area contributed by atoms with Crippen LogP contribution >= 0.6 is 11.6 Å². The normalized spacial score (nSPS) is 15.6. The van der Waals surface area contributed by atoms with Gasteiger partial charge in [0.15, 0.2) is 11.5 Å². The quantitative estimate of drug-likeness (QED) is 0.758. The molecule has 2 aromatic carbocycles. The van der Waals surface area contributed by atoms with Crippen LogP contribution in [0, 0.1) is 0 Å². The third-order valence-electron chi connectivity index (χ3n) is 4.93. The van der Waals surface area contributed by atoms with Crippen molar-refractivity contribution in [2.75, 3.05) is 25.2 Å². The number of rotatable bonds is 4. The van der Waals surface area contributed by atoms with E-state index in [1.54, 1.807) is 30.3 Å². The number of piperidine rings is 1. The summed E-state index contributed by atoms with van der Waals surface area (Å²) in [5.74, 6) is 0.998. The van der Waals surface area contributed by atoms with Gasteiger partial charge in [0.1, 0.15) is 0 Å². The van der Waals surface area contributed by atoms with Gasteiger partial charge >= 0.3 is 0 Å². The number of halogens is 1. The highest BCUT2D eigenvalue weighted by molar-refractivity contribution is 6.34. The summed E-state index contributed by atoms with van der Waals surface area (Å²) in [6.45, 7) is 1.73.